The van der Waals surface area contributed by atoms with E-state index in [9.17, 15) is 28.4 Å². The van der Waals surface area contributed by atoms with Crippen molar-refractivity contribution in [2.24, 2.45) is 30.7 Å². The van der Waals surface area contributed by atoms with Crippen LogP contribution in [0.15, 0.2) is 99.4 Å². The molecule has 0 spiro atoms. The van der Waals surface area contributed by atoms with Crippen LogP contribution in [-0.2, 0) is 28.9 Å². The highest BCUT2D eigenvalue weighted by Crippen LogP contribution is 2.49. The van der Waals surface area contributed by atoms with E-state index in [0.717, 1.165) is 24.2 Å². The second kappa shape index (κ2) is 20.1. The van der Waals surface area contributed by atoms with Crippen molar-refractivity contribution >= 4 is 118 Å². The minimum atomic E-state index is -5.17. The van der Waals surface area contributed by atoms with E-state index in [-0.39, 0.29) is 83.9 Å². The summed E-state index contributed by atoms with van der Waals surface area (Å²) in [6, 6.07) is 15.2. The summed E-state index contributed by atoms with van der Waals surface area (Å²) in [6.07, 6.45) is 0. The quantitative estimate of drug-likeness (QED) is 0.0101. The first-order valence-corrected chi connectivity index (χ1v) is 22.4. The molecule has 4 aromatic carbocycles. The Bertz CT molecular complexity index is 3160. The van der Waals surface area contributed by atoms with Gasteiger partial charge in [0.2, 0.25) is 5.88 Å². The molecule has 0 atom stereocenters. The second-order valence-electron chi connectivity index (χ2n) is 12.3. The number of nitriles is 1. The lowest BCUT2D eigenvalue weighted by molar-refractivity contribution is -0.432. The fraction of sp³-hybridized carbons (Fsp3) is 0.143. The molecule has 24 nitrogen and oxygen atoms in total. The van der Waals surface area contributed by atoms with Gasteiger partial charge in [0.1, 0.15) is 50.8 Å². The lowest BCUT2D eigenvalue weighted by Gasteiger charge is -2.13. The smallest absolute Gasteiger partial charge is 0.297 e. The van der Waals surface area contributed by atoms with E-state index in [1.807, 2.05) is 0 Å². The minimum absolute atomic E-state index is 0.0606. The molecule has 0 radical (unpaired) electrons. The molecule has 3 heterocycles. The standard InChI is InChI=1S/C35H27N11O13S5/c1-16-19(15-36)32-37-20-6-4-5-7-24(20)46(32)33(48)28(16)41-38-21-9-8-17-18(31(21)64(51,52)53)12-27(63-59-57-50)29(30(17)47)42-39-22-13-26(55-3)23(14-25(22)54-2)40-43-34-44-45-35(62-34)60-10-11-61-58-56-49/h4-9,12-14,47-50H,10-11H2,1-3H3,(H,51,52,53). The van der Waals surface area contributed by atoms with Crippen molar-refractivity contribution in [2.45, 2.75) is 21.1 Å². The van der Waals surface area contributed by atoms with E-state index in [4.69, 9.17) is 20.0 Å². The number of aromatic nitrogens is 4. The van der Waals surface area contributed by atoms with Crippen molar-refractivity contribution in [2.75, 3.05) is 25.7 Å². The molecule has 5 N–H and O–H groups in total. The van der Waals surface area contributed by atoms with Crippen molar-refractivity contribution < 1.29 is 61.9 Å². The maximum absolute atomic E-state index is 13.0. The average molecular weight is 970 g/mol. The fourth-order valence-corrected chi connectivity index (χ4v) is 9.42. The fourth-order valence-electron chi connectivity index (χ4n) is 6.01. The van der Waals surface area contributed by atoms with Gasteiger partial charge in [0.15, 0.2) is 21.4 Å². The Hall–Kier alpha value is -6.14. The van der Waals surface area contributed by atoms with Crippen molar-refractivity contribution in [3.63, 3.8) is 0 Å². The number of benzene rings is 4. The average Bonchev–Trinajstić information content (AvgIpc) is 3.91. The largest absolute Gasteiger partial charge is 0.505 e. The number of hydrogen-bond donors (Lipinski definition) is 5. The van der Waals surface area contributed by atoms with Gasteiger partial charge >= 0.3 is 0 Å². The lowest BCUT2D eigenvalue weighted by Crippen LogP contribution is -2.00. The van der Waals surface area contributed by atoms with Crippen LogP contribution in [0.4, 0.5) is 33.6 Å². The zero-order chi connectivity index (χ0) is 45.5. The molecule has 0 saturated heterocycles. The number of rotatable bonds is 18. The molecular weight excluding hydrogens is 943 g/mol. The number of nitrogens with zero attached hydrogens (tertiary/aromatic N) is 11. The summed E-state index contributed by atoms with van der Waals surface area (Å²) in [5.41, 5.74) is 0.642. The van der Waals surface area contributed by atoms with E-state index in [1.54, 1.807) is 24.3 Å². The normalized spacial score (nSPS) is 12.2. The number of azo groups is 3. The van der Waals surface area contributed by atoms with Gasteiger partial charge in [0, 0.05) is 52.0 Å². The number of aromatic hydroxyl groups is 2. The number of imidazole rings is 1. The van der Waals surface area contributed by atoms with Crippen LogP contribution in [0.5, 0.6) is 23.1 Å². The third kappa shape index (κ3) is 9.52. The van der Waals surface area contributed by atoms with Gasteiger partial charge in [-0.2, -0.15) is 13.7 Å². The number of thioether (sulfide) groups is 1. The minimum Gasteiger partial charge on any atom is -0.505 e. The van der Waals surface area contributed by atoms with Crippen molar-refractivity contribution in [1.29, 1.82) is 5.26 Å². The summed E-state index contributed by atoms with van der Waals surface area (Å²) in [5.74, 6) is 0.229. The first-order chi connectivity index (χ1) is 30.9. The molecule has 29 heteroatoms. The molecule has 64 heavy (non-hydrogen) atoms. The van der Waals surface area contributed by atoms with Gasteiger partial charge in [-0.05, 0) is 37.3 Å². The molecule has 0 aliphatic rings. The van der Waals surface area contributed by atoms with Crippen LogP contribution in [0, 0.1) is 18.3 Å². The van der Waals surface area contributed by atoms with E-state index in [1.165, 1.54) is 66.8 Å². The topological polar surface area (TPSA) is 332 Å². The lowest BCUT2D eigenvalue weighted by atomic mass is 10.1. The zero-order valence-electron chi connectivity index (χ0n) is 32.6. The van der Waals surface area contributed by atoms with Crippen molar-refractivity contribution in [3.05, 3.63) is 65.7 Å². The summed E-state index contributed by atoms with van der Waals surface area (Å²) in [5, 5.41) is 90.2. The molecule has 0 fully saturated rings. The van der Waals surface area contributed by atoms with Gasteiger partial charge in [-0.25, -0.2) is 15.5 Å². The van der Waals surface area contributed by atoms with Crippen molar-refractivity contribution in [3.8, 4) is 29.2 Å². The van der Waals surface area contributed by atoms with Crippen LogP contribution >= 0.6 is 47.2 Å². The Kier molecular flexibility index (Phi) is 14.4. The summed E-state index contributed by atoms with van der Waals surface area (Å²) in [6.45, 7) is 1.50. The number of para-hydroxylation sites is 2. The number of phenolic OH excluding ortho intramolecular Hbond substituents is 1. The van der Waals surface area contributed by atoms with Crippen molar-refractivity contribution in [1.82, 2.24) is 19.6 Å². The predicted molar refractivity (Wildman–Crippen MR) is 230 cm³/mol. The molecule has 330 valence electrons. The van der Waals surface area contributed by atoms with Gasteiger partial charge in [0.05, 0.1) is 42.2 Å². The Morgan fingerprint density at radius 3 is 2.22 bits per heavy atom. The monoisotopic (exact) mass is 969 g/mol. The molecule has 0 aliphatic heterocycles. The Labute approximate surface area is 375 Å². The van der Waals surface area contributed by atoms with Crippen LogP contribution in [0.25, 0.3) is 27.5 Å². The van der Waals surface area contributed by atoms with Gasteiger partial charge in [0.25, 0.3) is 15.2 Å². The molecule has 3 aromatic heterocycles. The highest BCUT2D eigenvalue weighted by Gasteiger charge is 2.26. The van der Waals surface area contributed by atoms with Crippen LogP contribution < -0.4 is 9.47 Å². The number of ether oxygens (including phenoxy) is 2. The predicted octanol–water partition coefficient (Wildman–Crippen LogP) is 10.2. The molecular formula is C35H27N11O13S5. The Morgan fingerprint density at radius 2 is 1.53 bits per heavy atom. The maximum atomic E-state index is 13.0. The SMILES string of the molecule is COc1cc(N=Nc2c(SOOO)cc3c(S(=O)(=O)O)c(N=Nc4c(C)c(C#N)c5nc6ccccc6n5c4O)ccc3c2O)c(OC)cc1N=Nc1nnc(SCCSOOO)s1. The molecule has 0 saturated carbocycles. The summed E-state index contributed by atoms with van der Waals surface area (Å²) >= 11 is 3.73. The van der Waals surface area contributed by atoms with E-state index < -0.39 is 32.3 Å². The van der Waals surface area contributed by atoms with E-state index >= 15 is 0 Å². The highest BCUT2D eigenvalue weighted by molar-refractivity contribution is 8.02. The van der Waals surface area contributed by atoms with Crippen LogP contribution in [0.3, 0.4) is 0 Å². The van der Waals surface area contributed by atoms with E-state index in [0.29, 0.717) is 26.9 Å². The van der Waals surface area contributed by atoms with Gasteiger partial charge in [-0.3, -0.25) is 8.95 Å². The molecule has 0 amide bonds. The number of methoxy groups -OCH3 is 2. The van der Waals surface area contributed by atoms with Crippen LogP contribution in [0.2, 0.25) is 0 Å². The van der Waals surface area contributed by atoms with Gasteiger partial charge in [-0.15, -0.1) is 49.6 Å². The molecule has 7 rings (SSSR count). The second-order valence-corrected chi connectivity index (χ2v) is 17.5. The Morgan fingerprint density at radius 1 is 0.844 bits per heavy atom. The number of phenols is 1. The molecule has 0 bridgehead atoms. The number of pyridine rings is 1. The van der Waals surface area contributed by atoms with Gasteiger partial charge in [-0.1, -0.05) is 45.3 Å². The van der Waals surface area contributed by atoms with Crippen LogP contribution in [0.1, 0.15) is 11.1 Å². The zero-order valence-corrected chi connectivity index (χ0v) is 36.7. The third-order valence-electron chi connectivity index (χ3n) is 8.73. The molecule has 7 aromatic rings. The number of hydrogen-bond acceptors (Lipinski definition) is 26. The first-order valence-electron chi connectivity index (χ1n) is 17.5. The van der Waals surface area contributed by atoms with Crippen LogP contribution in [-0.4, -0.2) is 79.0 Å². The summed E-state index contributed by atoms with van der Waals surface area (Å²) < 4.78 is 58.5. The molecule has 0 aliphatic carbocycles. The third-order valence-corrected chi connectivity index (χ3v) is 13.0. The molecule has 0 unspecified atom stereocenters. The first kappa shape index (κ1) is 45.9. The maximum Gasteiger partial charge on any atom is 0.297 e. The Balaban J connectivity index is 1.25. The summed E-state index contributed by atoms with van der Waals surface area (Å²) in [7, 11) is -2.45. The van der Waals surface area contributed by atoms with Gasteiger partial charge < -0.3 is 19.7 Å². The number of fused-ring (bicyclic) bond motifs is 4. The van der Waals surface area contributed by atoms with E-state index in [2.05, 4.69) is 70.7 Å². The summed E-state index contributed by atoms with van der Waals surface area (Å²) in [4.78, 5) is 3.44. The highest BCUT2D eigenvalue weighted by atomic mass is 32.2.